The number of rotatable bonds is 5. The van der Waals surface area contributed by atoms with Crippen molar-refractivity contribution in [2.24, 2.45) is 0 Å². The summed E-state index contributed by atoms with van der Waals surface area (Å²) in [6.07, 6.45) is 3.20. The topological polar surface area (TPSA) is 78.9 Å². The lowest BCUT2D eigenvalue weighted by Gasteiger charge is -2.30. The maximum absolute atomic E-state index is 11.9. The van der Waals surface area contributed by atoms with Crippen LogP contribution in [-0.2, 0) is 16.0 Å². The molecule has 2 rings (SSSR count). The summed E-state index contributed by atoms with van der Waals surface area (Å²) in [7, 11) is 0. The van der Waals surface area contributed by atoms with E-state index in [1.165, 1.54) is 24.9 Å². The first kappa shape index (κ1) is 20.1. The minimum absolute atomic E-state index is 0.218. The molecule has 0 spiro atoms. The Morgan fingerprint density at radius 3 is 2.42 bits per heavy atom. The number of alkyl carbamates (subject to hydrolysis) is 1. The van der Waals surface area contributed by atoms with E-state index in [1.54, 1.807) is 20.8 Å². The molecule has 1 atom stereocenters. The van der Waals surface area contributed by atoms with Crippen molar-refractivity contribution < 1.29 is 19.4 Å². The molecule has 6 nitrogen and oxygen atoms in total. The summed E-state index contributed by atoms with van der Waals surface area (Å²) in [6.45, 7) is 9.40. The molecule has 0 radical (unpaired) electrons. The third kappa shape index (κ3) is 5.93. The summed E-state index contributed by atoms with van der Waals surface area (Å²) in [5.41, 5.74) is 2.55. The zero-order chi connectivity index (χ0) is 19.3. The second-order valence-corrected chi connectivity index (χ2v) is 7.91. The Morgan fingerprint density at radius 1 is 1.23 bits per heavy atom. The molecule has 0 bridgehead atoms. The van der Waals surface area contributed by atoms with Gasteiger partial charge in [0.05, 0.1) is 0 Å². The number of carboxylic acids is 1. The van der Waals surface area contributed by atoms with Crippen LogP contribution in [0.5, 0.6) is 0 Å². The number of anilines is 1. The van der Waals surface area contributed by atoms with Crippen LogP contribution in [0.25, 0.3) is 0 Å². The number of benzene rings is 1. The Bertz CT molecular complexity index is 646. The molecule has 26 heavy (non-hydrogen) atoms. The highest BCUT2D eigenvalue weighted by Gasteiger charge is 2.24. The summed E-state index contributed by atoms with van der Waals surface area (Å²) in [4.78, 5) is 25.8. The van der Waals surface area contributed by atoms with Crippen LogP contribution >= 0.6 is 0 Å². The number of amides is 1. The Labute approximate surface area is 155 Å². The number of nitrogens with one attached hydrogen (secondary N) is 1. The number of aryl methyl sites for hydroxylation is 1. The first-order valence-electron chi connectivity index (χ1n) is 9.22. The zero-order valence-electron chi connectivity index (χ0n) is 16.2. The number of ether oxygens (including phenoxy) is 1. The van der Waals surface area contributed by atoms with Gasteiger partial charge in [-0.15, -0.1) is 0 Å². The zero-order valence-corrected chi connectivity index (χ0v) is 16.2. The highest BCUT2D eigenvalue weighted by Crippen LogP contribution is 2.25. The predicted octanol–water partition coefficient (Wildman–Crippen LogP) is 3.51. The number of nitrogens with zero attached hydrogens (tertiary/aromatic N) is 1. The molecule has 0 saturated carbocycles. The van der Waals surface area contributed by atoms with Crippen molar-refractivity contribution in [3.63, 3.8) is 0 Å². The summed E-state index contributed by atoms with van der Waals surface area (Å²) in [5.74, 6) is -1.08. The van der Waals surface area contributed by atoms with Gasteiger partial charge < -0.3 is 20.1 Å². The molecule has 1 aliphatic rings. The smallest absolute Gasteiger partial charge is 0.408 e. The van der Waals surface area contributed by atoms with Crippen LogP contribution in [0.15, 0.2) is 18.2 Å². The summed E-state index contributed by atoms with van der Waals surface area (Å²) in [5, 5.41) is 11.9. The molecule has 0 aromatic heterocycles. The molecule has 1 saturated heterocycles. The van der Waals surface area contributed by atoms with Crippen LogP contribution in [0.4, 0.5) is 10.5 Å². The Hall–Kier alpha value is -2.24. The van der Waals surface area contributed by atoms with Gasteiger partial charge in [0.15, 0.2) is 0 Å². The van der Waals surface area contributed by atoms with Crippen LogP contribution in [0.2, 0.25) is 0 Å². The molecule has 1 unspecified atom stereocenters. The van der Waals surface area contributed by atoms with Crippen molar-refractivity contribution >= 4 is 17.7 Å². The second-order valence-electron chi connectivity index (χ2n) is 7.91. The van der Waals surface area contributed by atoms with E-state index in [-0.39, 0.29) is 6.42 Å². The Morgan fingerprint density at radius 2 is 1.88 bits per heavy atom. The first-order valence-corrected chi connectivity index (χ1v) is 9.22. The molecule has 0 aliphatic carbocycles. The summed E-state index contributed by atoms with van der Waals surface area (Å²) >= 11 is 0. The fourth-order valence-electron chi connectivity index (χ4n) is 3.22. The number of aliphatic carboxylic acids is 1. The number of hydrogen-bond donors (Lipinski definition) is 2. The minimum atomic E-state index is -1.08. The first-order chi connectivity index (χ1) is 12.2. The van der Waals surface area contributed by atoms with Crippen molar-refractivity contribution in [1.29, 1.82) is 0 Å². The number of piperidine rings is 1. The fraction of sp³-hybridized carbons (Fsp3) is 0.600. The fourth-order valence-corrected chi connectivity index (χ4v) is 3.22. The molecular weight excluding hydrogens is 332 g/mol. The van der Waals surface area contributed by atoms with Crippen LogP contribution in [0, 0.1) is 6.92 Å². The van der Waals surface area contributed by atoms with Crippen molar-refractivity contribution in [2.75, 3.05) is 18.0 Å². The molecule has 1 heterocycles. The second kappa shape index (κ2) is 8.43. The van der Waals surface area contributed by atoms with Crippen molar-refractivity contribution in [1.82, 2.24) is 5.32 Å². The van der Waals surface area contributed by atoms with Crippen LogP contribution < -0.4 is 10.2 Å². The average Bonchev–Trinajstić information content (AvgIpc) is 2.53. The highest BCUT2D eigenvalue weighted by molar-refractivity contribution is 5.80. The molecule has 144 valence electrons. The van der Waals surface area contributed by atoms with Gasteiger partial charge in [-0.05, 0) is 64.2 Å². The van der Waals surface area contributed by atoms with Crippen LogP contribution in [-0.4, -0.2) is 41.9 Å². The van der Waals surface area contributed by atoms with Gasteiger partial charge in [0.2, 0.25) is 0 Å². The molecule has 1 aliphatic heterocycles. The largest absolute Gasteiger partial charge is 0.480 e. The standard InChI is InChI=1S/C20H30N2O4/c1-14-12-15(8-9-17(14)22-10-6-5-7-11-22)13-16(18(23)24)21-19(25)26-20(2,3)4/h8-9,12,16H,5-7,10-11,13H2,1-4H3,(H,21,25)(H,23,24). The molecule has 1 amide bonds. The van der Waals surface area contributed by atoms with Crippen LogP contribution in [0.1, 0.15) is 51.2 Å². The number of carbonyl (C=O) groups is 2. The highest BCUT2D eigenvalue weighted by atomic mass is 16.6. The normalized spacial score (nSPS) is 16.1. The van der Waals surface area contributed by atoms with Crippen molar-refractivity contribution in [3.8, 4) is 0 Å². The SMILES string of the molecule is Cc1cc(CC(NC(=O)OC(C)(C)C)C(=O)O)ccc1N1CCCCC1. The lowest BCUT2D eigenvalue weighted by atomic mass is 10.0. The monoisotopic (exact) mass is 362 g/mol. The minimum Gasteiger partial charge on any atom is -0.480 e. The average molecular weight is 362 g/mol. The van der Waals surface area contributed by atoms with Gasteiger partial charge in [-0.3, -0.25) is 0 Å². The van der Waals surface area contributed by atoms with Gasteiger partial charge >= 0.3 is 12.1 Å². The summed E-state index contributed by atoms with van der Waals surface area (Å²) in [6, 6.07) is 4.99. The van der Waals surface area contributed by atoms with Crippen molar-refractivity contribution in [3.05, 3.63) is 29.3 Å². The lowest BCUT2D eigenvalue weighted by molar-refractivity contribution is -0.139. The van der Waals surface area contributed by atoms with Gasteiger partial charge in [0, 0.05) is 25.2 Å². The van der Waals surface area contributed by atoms with E-state index in [0.717, 1.165) is 24.2 Å². The van der Waals surface area contributed by atoms with Gasteiger partial charge in [-0.2, -0.15) is 0 Å². The predicted molar refractivity (Wildman–Crippen MR) is 102 cm³/mol. The molecule has 2 N–H and O–H groups in total. The number of carboxylic acid groups (broad SMARTS) is 1. The maximum atomic E-state index is 11.9. The molecule has 1 aromatic carbocycles. The van der Waals surface area contributed by atoms with Gasteiger partial charge in [-0.25, -0.2) is 9.59 Å². The number of hydrogen-bond acceptors (Lipinski definition) is 4. The van der Waals surface area contributed by atoms with E-state index in [4.69, 9.17) is 4.74 Å². The quantitative estimate of drug-likeness (QED) is 0.838. The third-order valence-corrected chi connectivity index (χ3v) is 4.39. The van der Waals surface area contributed by atoms with Crippen LogP contribution in [0.3, 0.4) is 0 Å². The van der Waals surface area contributed by atoms with Gasteiger partial charge in [0.1, 0.15) is 11.6 Å². The summed E-state index contributed by atoms with van der Waals surface area (Å²) < 4.78 is 5.16. The van der Waals surface area contributed by atoms with E-state index in [9.17, 15) is 14.7 Å². The Kier molecular flexibility index (Phi) is 6.51. The van der Waals surface area contributed by atoms with E-state index >= 15 is 0 Å². The molecule has 1 aromatic rings. The molecule has 1 fully saturated rings. The molecule has 6 heteroatoms. The number of carbonyl (C=O) groups excluding carboxylic acids is 1. The van der Waals surface area contributed by atoms with E-state index in [1.807, 2.05) is 19.1 Å². The van der Waals surface area contributed by atoms with E-state index < -0.39 is 23.7 Å². The van der Waals surface area contributed by atoms with Gasteiger partial charge in [-0.1, -0.05) is 12.1 Å². The lowest BCUT2D eigenvalue weighted by Crippen LogP contribution is -2.44. The van der Waals surface area contributed by atoms with Crippen molar-refractivity contribution in [2.45, 2.75) is 65.0 Å². The van der Waals surface area contributed by atoms with E-state index in [0.29, 0.717) is 0 Å². The molecular formula is C20H30N2O4. The van der Waals surface area contributed by atoms with E-state index in [2.05, 4.69) is 16.3 Å². The van der Waals surface area contributed by atoms with Gasteiger partial charge in [0.25, 0.3) is 0 Å². The maximum Gasteiger partial charge on any atom is 0.408 e. The third-order valence-electron chi connectivity index (χ3n) is 4.39. The Balaban J connectivity index is 2.05.